The molecule has 0 saturated carbocycles. The van der Waals surface area contributed by atoms with Crippen LogP contribution in [0.3, 0.4) is 0 Å². The summed E-state index contributed by atoms with van der Waals surface area (Å²) in [5.41, 5.74) is 1.61. The van der Waals surface area contributed by atoms with Gasteiger partial charge in [-0.1, -0.05) is 42.5 Å². The lowest BCUT2D eigenvalue weighted by molar-refractivity contribution is -0.156. The Morgan fingerprint density at radius 1 is 1.16 bits per heavy atom. The third kappa shape index (κ3) is 5.76. The van der Waals surface area contributed by atoms with Gasteiger partial charge in [-0.05, 0) is 41.1 Å². The molecule has 0 aliphatic carbocycles. The topological polar surface area (TPSA) is 103 Å². The van der Waals surface area contributed by atoms with Crippen molar-refractivity contribution in [3.8, 4) is 5.75 Å². The zero-order chi connectivity index (χ0) is 22.3. The van der Waals surface area contributed by atoms with Gasteiger partial charge in [-0.2, -0.15) is 0 Å². The molecule has 1 unspecified atom stereocenters. The fraction of sp³-hybridized carbons (Fsp3) is 0.261. The van der Waals surface area contributed by atoms with Gasteiger partial charge in [-0.3, -0.25) is 14.9 Å². The summed E-state index contributed by atoms with van der Waals surface area (Å²) in [4.78, 5) is 36.2. The Morgan fingerprint density at radius 3 is 2.59 bits per heavy atom. The minimum Gasteiger partial charge on any atom is -0.477 e. The van der Waals surface area contributed by atoms with Crippen LogP contribution in [-0.2, 0) is 25.7 Å². The molecule has 0 aromatic heterocycles. The third-order valence-electron chi connectivity index (χ3n) is 4.85. The van der Waals surface area contributed by atoms with E-state index >= 15 is 0 Å². The second kappa shape index (κ2) is 10.4. The fourth-order valence-corrected chi connectivity index (χ4v) is 3.93. The number of carbonyl (C=O) groups is 3. The number of nitrogens with one attached hydrogen (secondary N) is 2. The molecule has 2 aliphatic rings. The van der Waals surface area contributed by atoms with E-state index in [-0.39, 0.29) is 17.9 Å². The Kier molecular flexibility index (Phi) is 7.21. The Labute approximate surface area is 189 Å². The van der Waals surface area contributed by atoms with Crippen molar-refractivity contribution in [2.45, 2.75) is 18.8 Å². The maximum absolute atomic E-state index is 12.9. The first-order chi connectivity index (χ1) is 15.6. The van der Waals surface area contributed by atoms with Gasteiger partial charge in [0, 0.05) is 6.54 Å². The predicted molar refractivity (Wildman–Crippen MR) is 119 cm³/mol. The number of thioether (sulfide) groups is 1. The van der Waals surface area contributed by atoms with Crippen LogP contribution < -0.4 is 15.4 Å². The van der Waals surface area contributed by atoms with Crippen molar-refractivity contribution in [1.82, 2.24) is 10.6 Å². The van der Waals surface area contributed by atoms with Crippen molar-refractivity contribution >= 4 is 35.0 Å². The number of hydrogen-bond acceptors (Lipinski definition) is 8. The second-order valence-electron chi connectivity index (χ2n) is 7.19. The first-order valence-corrected chi connectivity index (χ1v) is 10.9. The van der Waals surface area contributed by atoms with Crippen LogP contribution in [0.15, 0.2) is 59.5 Å². The molecular formula is C23H22N2O6S. The smallest absolute Gasteiger partial charge is 0.349 e. The van der Waals surface area contributed by atoms with Crippen LogP contribution in [0.2, 0.25) is 0 Å². The Hall–Kier alpha value is -3.14. The summed E-state index contributed by atoms with van der Waals surface area (Å²) in [6.45, 7) is 1.66. The number of benzene rings is 2. The van der Waals surface area contributed by atoms with E-state index in [1.807, 2.05) is 30.3 Å². The minimum atomic E-state index is -0.892. The number of esters is 1. The van der Waals surface area contributed by atoms with Gasteiger partial charge in [0.1, 0.15) is 12.4 Å². The van der Waals surface area contributed by atoms with Crippen LogP contribution in [0, 0.1) is 0 Å². The van der Waals surface area contributed by atoms with Gasteiger partial charge in [0.15, 0.2) is 0 Å². The average Bonchev–Trinajstić information content (AvgIpc) is 3.14. The molecule has 2 N–H and O–H groups in total. The Morgan fingerprint density at radius 2 is 1.94 bits per heavy atom. The Balaban J connectivity index is 1.44. The molecule has 9 heteroatoms. The number of hydrogen-bond donors (Lipinski definition) is 2. The number of ether oxygens (including phenoxy) is 3. The number of amides is 2. The monoisotopic (exact) mass is 454 g/mol. The summed E-state index contributed by atoms with van der Waals surface area (Å²) in [5.74, 6) is -0.425. The molecule has 0 spiro atoms. The lowest BCUT2D eigenvalue weighted by Crippen LogP contribution is -2.54. The third-order valence-corrected chi connectivity index (χ3v) is 5.67. The van der Waals surface area contributed by atoms with E-state index < -0.39 is 18.0 Å². The van der Waals surface area contributed by atoms with Crippen LogP contribution in [0.4, 0.5) is 4.79 Å². The summed E-state index contributed by atoms with van der Waals surface area (Å²) < 4.78 is 17.0. The molecule has 2 fully saturated rings. The molecule has 2 atom stereocenters. The van der Waals surface area contributed by atoms with Crippen molar-refractivity contribution < 1.29 is 28.6 Å². The van der Waals surface area contributed by atoms with Crippen molar-refractivity contribution in [3.63, 3.8) is 0 Å². The molecule has 2 saturated heterocycles. The molecule has 0 radical (unpaired) electrons. The van der Waals surface area contributed by atoms with Gasteiger partial charge in [-0.15, -0.1) is 0 Å². The van der Waals surface area contributed by atoms with E-state index in [1.165, 1.54) is 0 Å². The van der Waals surface area contributed by atoms with Crippen LogP contribution in [-0.4, -0.2) is 49.0 Å². The zero-order valence-corrected chi connectivity index (χ0v) is 17.9. The molecule has 2 heterocycles. The van der Waals surface area contributed by atoms with Crippen LogP contribution in [0.25, 0.3) is 6.08 Å². The van der Waals surface area contributed by atoms with Crippen molar-refractivity contribution in [3.05, 3.63) is 70.6 Å². The average molecular weight is 455 g/mol. The molecule has 8 nitrogen and oxygen atoms in total. The maximum Gasteiger partial charge on any atom is 0.349 e. The largest absolute Gasteiger partial charge is 0.477 e. The van der Waals surface area contributed by atoms with E-state index in [0.29, 0.717) is 30.4 Å². The van der Waals surface area contributed by atoms with Crippen molar-refractivity contribution in [1.29, 1.82) is 0 Å². The lowest BCUT2D eigenvalue weighted by Gasteiger charge is -2.30. The summed E-state index contributed by atoms with van der Waals surface area (Å²) in [7, 11) is 0. The molecule has 0 bridgehead atoms. The summed E-state index contributed by atoms with van der Waals surface area (Å²) >= 11 is 0.857. The van der Waals surface area contributed by atoms with Crippen molar-refractivity contribution in [2.24, 2.45) is 0 Å². The number of morpholine rings is 1. The van der Waals surface area contributed by atoms with E-state index in [2.05, 4.69) is 10.6 Å². The molecule has 4 rings (SSSR count). The van der Waals surface area contributed by atoms with Crippen LogP contribution in [0.5, 0.6) is 5.75 Å². The first kappa shape index (κ1) is 22.1. The number of rotatable bonds is 7. The quantitative estimate of drug-likeness (QED) is 0.486. The van der Waals surface area contributed by atoms with Crippen LogP contribution in [0.1, 0.15) is 11.1 Å². The van der Waals surface area contributed by atoms with Gasteiger partial charge in [0.05, 0.1) is 24.2 Å². The zero-order valence-electron chi connectivity index (χ0n) is 17.1. The summed E-state index contributed by atoms with van der Waals surface area (Å²) in [6, 6.07) is 16.0. The predicted octanol–water partition coefficient (Wildman–Crippen LogP) is 2.49. The highest BCUT2D eigenvalue weighted by molar-refractivity contribution is 8.18. The number of carbonyl (C=O) groups excluding carboxylic acids is 3. The second-order valence-corrected chi connectivity index (χ2v) is 8.20. The molecule has 2 aromatic rings. The van der Waals surface area contributed by atoms with Gasteiger partial charge in [0.2, 0.25) is 6.10 Å². The molecular weight excluding hydrogens is 432 g/mol. The van der Waals surface area contributed by atoms with E-state index in [0.717, 1.165) is 22.9 Å². The van der Waals surface area contributed by atoms with Gasteiger partial charge < -0.3 is 19.5 Å². The van der Waals surface area contributed by atoms with E-state index in [9.17, 15) is 14.4 Å². The van der Waals surface area contributed by atoms with Crippen molar-refractivity contribution in [2.75, 3.05) is 19.8 Å². The maximum atomic E-state index is 12.9. The first-order valence-electron chi connectivity index (χ1n) is 10.1. The summed E-state index contributed by atoms with van der Waals surface area (Å²) in [6.07, 6.45) is 0.730. The van der Waals surface area contributed by atoms with Gasteiger partial charge in [0.25, 0.3) is 11.1 Å². The van der Waals surface area contributed by atoms with E-state index in [4.69, 9.17) is 14.2 Å². The lowest BCUT2D eigenvalue weighted by atomic mass is 10.1. The highest BCUT2D eigenvalue weighted by atomic mass is 32.2. The SMILES string of the molecule is O=C1NC(=O)C(=Cc2ccc(OC(C(=O)OCc3ccccc3)[C@H]3COCCN3)cc2)S1. The van der Waals surface area contributed by atoms with Gasteiger partial charge in [-0.25, -0.2) is 4.79 Å². The molecule has 2 aromatic carbocycles. The molecule has 2 aliphatic heterocycles. The standard InChI is InChI=1S/C23H22N2O6S/c26-21-19(32-23(28)25-21)12-15-6-8-17(9-7-15)31-20(18-14-29-11-10-24-18)22(27)30-13-16-4-2-1-3-5-16/h1-9,12,18,20,24H,10-11,13-14H2,(H,25,26,28)/t18-,20?/m1/s1. The minimum absolute atomic E-state index is 0.151. The highest BCUT2D eigenvalue weighted by Crippen LogP contribution is 2.26. The molecule has 2 amide bonds. The van der Waals surface area contributed by atoms with E-state index in [1.54, 1.807) is 30.3 Å². The van der Waals surface area contributed by atoms with Crippen LogP contribution >= 0.6 is 11.8 Å². The highest BCUT2D eigenvalue weighted by Gasteiger charge is 2.33. The normalized spacial score (nSPS) is 20.6. The number of imide groups is 1. The fourth-order valence-electron chi connectivity index (χ4n) is 3.25. The van der Waals surface area contributed by atoms with Gasteiger partial charge >= 0.3 is 5.97 Å². The summed E-state index contributed by atoms with van der Waals surface area (Å²) in [5, 5.41) is 5.08. The molecule has 166 valence electrons. The Bertz CT molecular complexity index is 1000. The molecule has 32 heavy (non-hydrogen) atoms.